The van der Waals surface area contributed by atoms with Crippen LogP contribution in [0.15, 0.2) is 54.6 Å². The normalized spacial score (nSPS) is 10.7. The van der Waals surface area contributed by atoms with Gasteiger partial charge in [-0.05, 0) is 40.1 Å². The second-order valence-corrected chi connectivity index (χ2v) is 6.86. The monoisotopic (exact) mass is 415 g/mol. The number of carboxylic acids is 1. The number of nitrogens with one attached hydrogen (secondary N) is 1. The summed E-state index contributed by atoms with van der Waals surface area (Å²) in [5, 5.41) is 12.5. The Bertz CT molecular complexity index is 995. The van der Waals surface area contributed by atoms with Gasteiger partial charge >= 0.3 is 5.97 Å². The number of anilines is 2. The zero-order chi connectivity index (χ0) is 20.8. The van der Waals surface area contributed by atoms with Gasteiger partial charge in [0, 0.05) is 12.0 Å². The summed E-state index contributed by atoms with van der Waals surface area (Å²) in [6.07, 6.45) is 1.51. The number of nitrogen functional groups attached to an aromatic ring is 1. The maximum absolute atomic E-state index is 12.1. The first-order valence-electron chi connectivity index (χ1n) is 8.89. The van der Waals surface area contributed by atoms with Gasteiger partial charge in [-0.3, -0.25) is 4.79 Å². The predicted octanol–water partition coefficient (Wildman–Crippen LogP) is 5.29. The molecule has 0 radical (unpaired) electrons. The number of hydrogen-bond donors (Lipinski definition) is 3. The highest BCUT2D eigenvalue weighted by molar-refractivity contribution is 6.33. The number of aromatic nitrogens is 1. The fraction of sp³-hybridized carbons (Fsp3) is 0.143. The molecule has 2 aromatic carbocycles. The van der Waals surface area contributed by atoms with Crippen LogP contribution < -0.4 is 11.2 Å². The third kappa shape index (κ3) is 5.22. The molecule has 0 amide bonds. The molecule has 0 aliphatic rings. The third-order valence-electron chi connectivity index (χ3n) is 4.44. The van der Waals surface area contributed by atoms with Gasteiger partial charge < -0.3 is 10.8 Å². The standard InChI is InChI=1S/C21H19ClFN3O3/c22-17-12-18(24)21(26-29-23)25-20(17)16-10-8-15(9-11-16)14-6-4-13(5-7-14)2-1-3-19(27)28/h4-12H,1-3,24H2,(H,25,26)(H,27,28). The van der Waals surface area contributed by atoms with Crippen LogP contribution in [-0.4, -0.2) is 16.1 Å². The minimum absolute atomic E-state index is 0.0365. The van der Waals surface area contributed by atoms with Crippen LogP contribution in [0.1, 0.15) is 18.4 Å². The van der Waals surface area contributed by atoms with Crippen LogP contribution in [0, 0.1) is 0 Å². The molecular weight excluding hydrogens is 397 g/mol. The summed E-state index contributed by atoms with van der Waals surface area (Å²) in [5.41, 5.74) is 12.2. The molecule has 0 unspecified atom stereocenters. The average molecular weight is 416 g/mol. The molecule has 6 nitrogen and oxygen atoms in total. The molecule has 150 valence electrons. The molecule has 29 heavy (non-hydrogen) atoms. The SMILES string of the molecule is Nc1cc(Cl)c(-c2ccc(-c3ccc(CCCC(=O)O)cc3)cc2)nc1NOF. The number of carboxylic acid groups (broad SMARTS) is 1. The van der Waals surface area contributed by atoms with E-state index in [9.17, 15) is 9.32 Å². The molecule has 3 aromatic rings. The Balaban J connectivity index is 1.77. The molecule has 0 aliphatic heterocycles. The summed E-state index contributed by atoms with van der Waals surface area (Å²) < 4.78 is 12.1. The van der Waals surface area contributed by atoms with Crippen molar-refractivity contribution in [2.24, 2.45) is 0 Å². The molecule has 0 saturated heterocycles. The number of pyridine rings is 1. The molecule has 0 atom stereocenters. The molecule has 0 spiro atoms. The number of halogens is 2. The Hall–Kier alpha value is -3.16. The molecule has 4 N–H and O–H groups in total. The Kier molecular flexibility index (Phi) is 6.64. The van der Waals surface area contributed by atoms with Crippen LogP contribution in [0.4, 0.5) is 16.0 Å². The van der Waals surface area contributed by atoms with Crippen LogP contribution in [0.25, 0.3) is 22.4 Å². The van der Waals surface area contributed by atoms with Crippen molar-refractivity contribution in [1.29, 1.82) is 0 Å². The number of nitrogens with two attached hydrogens (primary N) is 1. The van der Waals surface area contributed by atoms with E-state index in [2.05, 4.69) is 10.0 Å². The molecule has 0 bridgehead atoms. The summed E-state index contributed by atoms with van der Waals surface area (Å²) >= 11 is 6.23. The summed E-state index contributed by atoms with van der Waals surface area (Å²) in [6.45, 7) is 0. The van der Waals surface area contributed by atoms with E-state index in [0.717, 1.165) is 28.7 Å². The zero-order valence-electron chi connectivity index (χ0n) is 15.4. The number of carbonyl (C=O) groups is 1. The Morgan fingerprint density at radius 2 is 1.69 bits per heavy atom. The molecule has 3 rings (SSSR count). The minimum Gasteiger partial charge on any atom is -0.481 e. The summed E-state index contributed by atoms with van der Waals surface area (Å²) in [6, 6.07) is 17.1. The highest BCUT2D eigenvalue weighted by Crippen LogP contribution is 2.32. The Labute approximate surface area is 172 Å². The fourth-order valence-electron chi connectivity index (χ4n) is 2.95. The summed E-state index contributed by atoms with van der Waals surface area (Å²) in [7, 11) is 0. The van der Waals surface area contributed by atoms with Crippen molar-refractivity contribution in [3.63, 3.8) is 0 Å². The van der Waals surface area contributed by atoms with Crippen molar-refractivity contribution in [2.45, 2.75) is 19.3 Å². The molecule has 0 fully saturated rings. The maximum Gasteiger partial charge on any atom is 0.303 e. The second-order valence-electron chi connectivity index (χ2n) is 6.46. The number of nitrogens with zero attached hydrogens (tertiary/aromatic N) is 1. The summed E-state index contributed by atoms with van der Waals surface area (Å²) in [5.74, 6) is -0.744. The van der Waals surface area contributed by atoms with Crippen molar-refractivity contribution in [3.05, 3.63) is 65.2 Å². The first kappa shape index (κ1) is 20.6. The number of aryl methyl sites for hydroxylation is 1. The van der Waals surface area contributed by atoms with Crippen molar-refractivity contribution in [1.82, 2.24) is 4.98 Å². The van der Waals surface area contributed by atoms with E-state index in [-0.39, 0.29) is 17.9 Å². The van der Waals surface area contributed by atoms with Gasteiger partial charge in [0.15, 0.2) is 5.82 Å². The molecule has 1 heterocycles. The van der Waals surface area contributed by atoms with Gasteiger partial charge in [-0.2, -0.15) is 0 Å². The van der Waals surface area contributed by atoms with Crippen LogP contribution in [0.2, 0.25) is 5.02 Å². The lowest BCUT2D eigenvalue weighted by Crippen LogP contribution is -2.02. The summed E-state index contributed by atoms with van der Waals surface area (Å²) in [4.78, 5) is 14.8. The number of rotatable bonds is 8. The van der Waals surface area contributed by atoms with E-state index in [1.54, 1.807) is 0 Å². The topological polar surface area (TPSA) is 97.5 Å². The molecule has 8 heteroatoms. The quantitative estimate of drug-likeness (QED) is 0.432. The highest BCUT2D eigenvalue weighted by Gasteiger charge is 2.11. The van der Waals surface area contributed by atoms with E-state index in [0.29, 0.717) is 17.1 Å². The maximum atomic E-state index is 12.1. The number of hydrogen-bond acceptors (Lipinski definition) is 5. The van der Waals surface area contributed by atoms with Crippen LogP contribution in [0.5, 0.6) is 0 Å². The van der Waals surface area contributed by atoms with Gasteiger partial charge in [-0.15, -0.1) is 0 Å². The Morgan fingerprint density at radius 1 is 1.10 bits per heavy atom. The van der Waals surface area contributed by atoms with E-state index in [4.69, 9.17) is 22.4 Å². The number of aliphatic carboxylic acids is 1. The number of benzene rings is 2. The largest absolute Gasteiger partial charge is 0.481 e. The van der Waals surface area contributed by atoms with Crippen molar-refractivity contribution in [2.75, 3.05) is 11.2 Å². The third-order valence-corrected chi connectivity index (χ3v) is 4.73. The van der Waals surface area contributed by atoms with Gasteiger partial charge in [0.05, 0.1) is 16.4 Å². The van der Waals surface area contributed by atoms with Gasteiger partial charge in [-0.25, -0.2) is 10.5 Å². The zero-order valence-corrected chi connectivity index (χ0v) is 16.1. The van der Waals surface area contributed by atoms with E-state index < -0.39 is 5.97 Å². The lowest BCUT2D eigenvalue weighted by Gasteiger charge is -2.10. The molecule has 1 aromatic heterocycles. The molecule has 0 saturated carbocycles. The molecular formula is C21H19ClFN3O3. The van der Waals surface area contributed by atoms with Crippen LogP contribution in [0.3, 0.4) is 0 Å². The van der Waals surface area contributed by atoms with Gasteiger partial charge in [0.2, 0.25) is 0 Å². The van der Waals surface area contributed by atoms with E-state index >= 15 is 0 Å². The highest BCUT2D eigenvalue weighted by atomic mass is 35.5. The van der Waals surface area contributed by atoms with Gasteiger partial charge in [0.25, 0.3) is 0 Å². The second kappa shape index (κ2) is 9.36. The average Bonchev–Trinajstić information content (AvgIpc) is 2.71. The van der Waals surface area contributed by atoms with Crippen molar-refractivity contribution < 1.29 is 19.5 Å². The predicted molar refractivity (Wildman–Crippen MR) is 111 cm³/mol. The minimum atomic E-state index is -0.780. The Morgan fingerprint density at radius 3 is 2.28 bits per heavy atom. The lowest BCUT2D eigenvalue weighted by molar-refractivity contribution is -0.137. The van der Waals surface area contributed by atoms with Crippen LogP contribution in [-0.2, 0) is 16.3 Å². The van der Waals surface area contributed by atoms with Gasteiger partial charge in [-0.1, -0.05) is 65.2 Å². The first-order chi connectivity index (χ1) is 14.0. The fourth-order valence-corrected chi connectivity index (χ4v) is 3.22. The van der Waals surface area contributed by atoms with E-state index in [1.165, 1.54) is 6.07 Å². The smallest absolute Gasteiger partial charge is 0.303 e. The van der Waals surface area contributed by atoms with Crippen molar-refractivity contribution in [3.8, 4) is 22.4 Å². The first-order valence-corrected chi connectivity index (χ1v) is 9.27. The van der Waals surface area contributed by atoms with Gasteiger partial charge in [0.1, 0.15) is 0 Å². The van der Waals surface area contributed by atoms with E-state index in [1.807, 2.05) is 54.0 Å². The van der Waals surface area contributed by atoms with Crippen molar-refractivity contribution >= 4 is 29.1 Å². The molecule has 0 aliphatic carbocycles. The lowest BCUT2D eigenvalue weighted by atomic mass is 10.00. The van der Waals surface area contributed by atoms with Crippen LogP contribution >= 0.6 is 11.6 Å².